The van der Waals surface area contributed by atoms with E-state index >= 15 is 0 Å². The van der Waals surface area contributed by atoms with Crippen molar-refractivity contribution in [2.45, 2.75) is 11.1 Å². The summed E-state index contributed by atoms with van der Waals surface area (Å²) in [6.07, 6.45) is 0. The number of hydrogen-bond acceptors (Lipinski definition) is 5. The molecule has 1 saturated heterocycles. The van der Waals surface area contributed by atoms with E-state index in [1.807, 2.05) is 0 Å². The molecule has 1 atom stereocenters. The summed E-state index contributed by atoms with van der Waals surface area (Å²) in [6.45, 7) is 1.41. The molecule has 3 rings (SSSR count). The average Bonchev–Trinajstić information content (AvgIpc) is 3.04. The first kappa shape index (κ1) is 16.6. The third-order valence-electron chi connectivity index (χ3n) is 3.81. The van der Waals surface area contributed by atoms with Crippen LogP contribution in [0.15, 0.2) is 45.9 Å². The Kier molecular flexibility index (Phi) is 4.39. The molecule has 1 aliphatic rings. The van der Waals surface area contributed by atoms with Gasteiger partial charge in [0.05, 0.1) is 6.04 Å². The number of primary sulfonamides is 1. The van der Waals surface area contributed by atoms with E-state index in [-0.39, 0.29) is 17.6 Å². The van der Waals surface area contributed by atoms with Crippen LogP contribution in [0, 0.1) is 5.82 Å². The number of carbonyl (C=O) groups excluding carboxylic acids is 1. The average molecular weight is 353 g/mol. The number of benzene rings is 1. The summed E-state index contributed by atoms with van der Waals surface area (Å²) in [7, 11) is -4.02. The van der Waals surface area contributed by atoms with Crippen molar-refractivity contribution < 1.29 is 22.0 Å². The monoisotopic (exact) mass is 353 g/mol. The molecule has 0 saturated carbocycles. The van der Waals surface area contributed by atoms with Gasteiger partial charge in [0.25, 0.3) is 15.9 Å². The molecule has 1 aromatic heterocycles. The second-order valence-corrected chi connectivity index (χ2v) is 6.93. The number of hydrogen-bond donors (Lipinski definition) is 2. The van der Waals surface area contributed by atoms with Crippen LogP contribution >= 0.6 is 0 Å². The maximum absolute atomic E-state index is 13.5. The molecule has 128 valence electrons. The highest BCUT2D eigenvalue weighted by molar-refractivity contribution is 7.89. The fraction of sp³-hybridized carbons (Fsp3) is 0.267. The number of amides is 1. The van der Waals surface area contributed by atoms with Gasteiger partial charge in [0.15, 0.2) is 5.76 Å². The van der Waals surface area contributed by atoms with E-state index in [9.17, 15) is 17.6 Å². The Balaban J connectivity index is 1.90. The molecule has 0 spiro atoms. The zero-order valence-corrected chi connectivity index (χ0v) is 13.4. The molecular weight excluding hydrogens is 337 g/mol. The van der Waals surface area contributed by atoms with Crippen LogP contribution in [0.4, 0.5) is 4.39 Å². The Morgan fingerprint density at radius 1 is 1.33 bits per heavy atom. The van der Waals surface area contributed by atoms with E-state index < -0.39 is 21.0 Å². The lowest BCUT2D eigenvalue weighted by atomic mass is 10.0. The van der Waals surface area contributed by atoms with Gasteiger partial charge in [-0.15, -0.1) is 0 Å². The van der Waals surface area contributed by atoms with Crippen LogP contribution in [-0.2, 0) is 10.0 Å². The van der Waals surface area contributed by atoms with Crippen molar-refractivity contribution in [3.05, 3.63) is 53.5 Å². The molecule has 24 heavy (non-hydrogen) atoms. The number of carbonyl (C=O) groups is 1. The minimum atomic E-state index is -4.02. The number of piperazine rings is 1. The van der Waals surface area contributed by atoms with Crippen LogP contribution in [0.2, 0.25) is 0 Å². The standard InChI is InChI=1S/C15H16FN3O4S/c16-11-3-1-2-10(8-11)12-9-18-6-7-19(12)15(20)13-4-5-14(23-13)24(17,21)22/h1-5,8,12,18H,6-7,9H2,(H2,17,21,22). The molecule has 2 aromatic rings. The summed E-state index contributed by atoms with van der Waals surface area (Å²) >= 11 is 0. The highest BCUT2D eigenvalue weighted by atomic mass is 32.2. The second kappa shape index (κ2) is 6.34. The van der Waals surface area contributed by atoms with Gasteiger partial charge in [-0.1, -0.05) is 12.1 Å². The predicted octanol–water partition coefficient (Wildman–Crippen LogP) is 0.853. The SMILES string of the molecule is NS(=O)(=O)c1ccc(C(=O)N2CCNCC2c2cccc(F)c2)o1. The van der Waals surface area contributed by atoms with E-state index in [2.05, 4.69) is 5.32 Å². The van der Waals surface area contributed by atoms with Gasteiger partial charge in [-0.2, -0.15) is 0 Å². The predicted molar refractivity (Wildman–Crippen MR) is 83.1 cm³/mol. The van der Waals surface area contributed by atoms with Gasteiger partial charge in [-0.25, -0.2) is 17.9 Å². The fourth-order valence-electron chi connectivity index (χ4n) is 2.69. The Morgan fingerprint density at radius 2 is 2.12 bits per heavy atom. The quantitative estimate of drug-likeness (QED) is 0.851. The molecule has 0 bridgehead atoms. The highest BCUT2D eigenvalue weighted by Gasteiger charge is 2.31. The largest absolute Gasteiger partial charge is 0.438 e. The van der Waals surface area contributed by atoms with Crippen LogP contribution in [-0.4, -0.2) is 38.9 Å². The van der Waals surface area contributed by atoms with Crippen molar-refractivity contribution >= 4 is 15.9 Å². The first-order chi connectivity index (χ1) is 11.4. The Morgan fingerprint density at radius 3 is 2.79 bits per heavy atom. The zero-order chi connectivity index (χ0) is 17.3. The Labute approximate surface area is 138 Å². The van der Waals surface area contributed by atoms with Crippen LogP contribution in [0.3, 0.4) is 0 Å². The molecule has 7 nitrogen and oxygen atoms in total. The van der Waals surface area contributed by atoms with Crippen LogP contribution in [0.1, 0.15) is 22.2 Å². The summed E-state index contributed by atoms with van der Waals surface area (Å²) < 4.78 is 41.1. The van der Waals surface area contributed by atoms with Gasteiger partial charge in [0, 0.05) is 19.6 Å². The van der Waals surface area contributed by atoms with Gasteiger partial charge >= 0.3 is 0 Å². The molecule has 1 amide bonds. The number of nitrogens with one attached hydrogen (secondary N) is 1. The number of nitrogens with zero attached hydrogens (tertiary/aromatic N) is 1. The summed E-state index contributed by atoms with van der Waals surface area (Å²) in [5.41, 5.74) is 0.647. The van der Waals surface area contributed by atoms with Gasteiger partial charge < -0.3 is 14.6 Å². The molecule has 1 fully saturated rings. The smallest absolute Gasteiger partial charge is 0.290 e. The topological polar surface area (TPSA) is 106 Å². The molecular formula is C15H16FN3O4S. The van der Waals surface area contributed by atoms with E-state index in [4.69, 9.17) is 9.56 Å². The van der Waals surface area contributed by atoms with E-state index in [1.54, 1.807) is 12.1 Å². The zero-order valence-electron chi connectivity index (χ0n) is 12.6. The van der Waals surface area contributed by atoms with E-state index in [0.717, 1.165) is 6.07 Å². The van der Waals surface area contributed by atoms with Crippen LogP contribution in [0.25, 0.3) is 0 Å². The van der Waals surface area contributed by atoms with Crippen LogP contribution < -0.4 is 10.5 Å². The van der Waals surface area contributed by atoms with Crippen molar-refractivity contribution in [2.75, 3.05) is 19.6 Å². The summed E-state index contributed by atoms with van der Waals surface area (Å²) in [5, 5.41) is 7.67. The van der Waals surface area contributed by atoms with Gasteiger partial charge in [0.1, 0.15) is 5.82 Å². The number of rotatable bonds is 3. The van der Waals surface area contributed by atoms with Crippen LogP contribution in [0.5, 0.6) is 0 Å². The lowest BCUT2D eigenvalue weighted by Gasteiger charge is -2.36. The minimum absolute atomic E-state index is 0.123. The van der Waals surface area contributed by atoms with Crippen molar-refractivity contribution in [2.24, 2.45) is 5.14 Å². The van der Waals surface area contributed by atoms with Crippen molar-refractivity contribution in [3.63, 3.8) is 0 Å². The first-order valence-electron chi connectivity index (χ1n) is 7.26. The Hall–Kier alpha value is -2.23. The van der Waals surface area contributed by atoms with Crippen molar-refractivity contribution in [3.8, 4) is 0 Å². The molecule has 9 heteroatoms. The molecule has 3 N–H and O–H groups in total. The maximum atomic E-state index is 13.5. The number of sulfonamides is 1. The normalized spacial score (nSPS) is 18.6. The third-order valence-corrected chi connectivity index (χ3v) is 4.59. The highest BCUT2D eigenvalue weighted by Crippen LogP contribution is 2.25. The van der Waals surface area contributed by atoms with Gasteiger partial charge in [0.2, 0.25) is 5.09 Å². The van der Waals surface area contributed by atoms with Gasteiger partial charge in [-0.05, 0) is 29.8 Å². The molecule has 2 heterocycles. The summed E-state index contributed by atoms with van der Waals surface area (Å²) in [5.74, 6) is -0.983. The lowest BCUT2D eigenvalue weighted by molar-refractivity contribution is 0.0595. The molecule has 0 radical (unpaired) electrons. The molecule has 1 unspecified atom stereocenters. The van der Waals surface area contributed by atoms with E-state index in [1.165, 1.54) is 23.1 Å². The summed E-state index contributed by atoms with van der Waals surface area (Å²) in [4.78, 5) is 14.2. The number of furan rings is 1. The van der Waals surface area contributed by atoms with Gasteiger partial charge in [-0.3, -0.25) is 4.79 Å². The fourth-order valence-corrected chi connectivity index (χ4v) is 3.15. The lowest BCUT2D eigenvalue weighted by Crippen LogP contribution is -2.48. The van der Waals surface area contributed by atoms with Crippen molar-refractivity contribution in [1.82, 2.24) is 10.2 Å². The van der Waals surface area contributed by atoms with Crippen molar-refractivity contribution in [1.29, 1.82) is 0 Å². The third kappa shape index (κ3) is 3.32. The number of halogens is 1. The molecule has 1 aromatic carbocycles. The first-order valence-corrected chi connectivity index (χ1v) is 8.80. The number of nitrogens with two attached hydrogens (primary N) is 1. The second-order valence-electron chi connectivity index (χ2n) is 5.44. The molecule has 0 aliphatic carbocycles. The summed E-state index contributed by atoms with van der Waals surface area (Å²) in [6, 6.07) is 8.04. The Bertz CT molecular complexity index is 865. The maximum Gasteiger partial charge on any atom is 0.290 e. The minimum Gasteiger partial charge on any atom is -0.438 e. The van der Waals surface area contributed by atoms with E-state index in [0.29, 0.717) is 25.2 Å². The molecule has 1 aliphatic heterocycles.